The molecule has 1 aliphatic rings. The number of nitrogens with two attached hydrogens (primary N) is 1. The van der Waals surface area contributed by atoms with Crippen LogP contribution >= 0.6 is 0 Å². The quantitative estimate of drug-likeness (QED) is 0.691. The number of hydrogen-bond donors (Lipinski definition) is 3. The van der Waals surface area contributed by atoms with Crippen LogP contribution in [0.3, 0.4) is 0 Å². The number of para-hydroxylation sites is 2. The molecule has 3 rings (SSSR count). The van der Waals surface area contributed by atoms with Gasteiger partial charge < -0.3 is 25.4 Å². The average Bonchev–Trinajstić information content (AvgIpc) is 2.56. The number of nitrogen functional groups attached to an aromatic ring is 1. The molecule has 1 aliphatic heterocycles. The fraction of sp³-hybridized carbons (Fsp3) is 0.400. The molecule has 2 heterocycles. The number of benzene rings is 1. The van der Waals surface area contributed by atoms with E-state index in [2.05, 4.69) is 20.3 Å². The lowest BCUT2D eigenvalue weighted by Gasteiger charge is -2.23. The van der Waals surface area contributed by atoms with Crippen LogP contribution in [0, 0.1) is 0 Å². The Morgan fingerprint density at radius 1 is 1.22 bits per heavy atom. The van der Waals surface area contributed by atoms with Crippen LogP contribution < -0.4 is 20.7 Å². The smallest absolute Gasteiger partial charge is 0.232 e. The van der Waals surface area contributed by atoms with Gasteiger partial charge in [-0.15, -0.1) is 0 Å². The van der Waals surface area contributed by atoms with Gasteiger partial charge in [0.25, 0.3) is 0 Å². The number of quaternary nitrogens is 1. The summed E-state index contributed by atoms with van der Waals surface area (Å²) in [5, 5.41) is 3.14. The lowest BCUT2D eigenvalue weighted by atomic mass is 10.3. The van der Waals surface area contributed by atoms with Crippen molar-refractivity contribution in [2.24, 2.45) is 0 Å². The summed E-state index contributed by atoms with van der Waals surface area (Å²) < 4.78 is 10.7. The summed E-state index contributed by atoms with van der Waals surface area (Å²) >= 11 is 0. The molecule has 8 nitrogen and oxygen atoms in total. The Morgan fingerprint density at radius 3 is 2.78 bits per heavy atom. The topological polar surface area (TPSA) is 99.6 Å². The van der Waals surface area contributed by atoms with Crippen molar-refractivity contribution in [3.63, 3.8) is 0 Å². The number of morpholine rings is 1. The van der Waals surface area contributed by atoms with Gasteiger partial charge in [0.15, 0.2) is 5.82 Å². The number of nitrogens with one attached hydrogen (secondary N) is 2. The molecule has 0 radical (unpaired) electrons. The van der Waals surface area contributed by atoms with Crippen molar-refractivity contribution in [2.75, 3.05) is 44.5 Å². The Bertz CT molecular complexity index is 660. The molecule has 8 heteroatoms. The van der Waals surface area contributed by atoms with Gasteiger partial charge in [0.2, 0.25) is 11.9 Å². The molecule has 2 aromatic rings. The molecule has 1 fully saturated rings. The van der Waals surface area contributed by atoms with Crippen molar-refractivity contribution in [1.29, 1.82) is 0 Å². The van der Waals surface area contributed by atoms with Crippen LogP contribution in [0.4, 0.5) is 17.6 Å². The monoisotopic (exact) mass is 317 g/mol. The van der Waals surface area contributed by atoms with E-state index in [1.54, 1.807) is 7.11 Å². The Hall–Kier alpha value is -2.45. The molecular weight excluding hydrogens is 296 g/mol. The lowest BCUT2D eigenvalue weighted by molar-refractivity contribution is -0.922. The van der Waals surface area contributed by atoms with Gasteiger partial charge in [-0.05, 0) is 12.1 Å². The van der Waals surface area contributed by atoms with Gasteiger partial charge in [-0.25, -0.2) is 0 Å². The van der Waals surface area contributed by atoms with Crippen molar-refractivity contribution in [3.8, 4) is 5.75 Å². The van der Waals surface area contributed by atoms with Gasteiger partial charge in [0.1, 0.15) is 25.4 Å². The van der Waals surface area contributed by atoms with Gasteiger partial charge in [0.05, 0.1) is 26.0 Å². The number of ether oxygens (including phenoxy) is 2. The first kappa shape index (κ1) is 15.4. The van der Waals surface area contributed by atoms with E-state index in [1.807, 2.05) is 24.3 Å². The highest BCUT2D eigenvalue weighted by Crippen LogP contribution is 2.25. The average molecular weight is 317 g/mol. The first-order valence-electron chi connectivity index (χ1n) is 7.56. The van der Waals surface area contributed by atoms with Crippen molar-refractivity contribution < 1.29 is 14.4 Å². The molecule has 0 unspecified atom stereocenters. The number of nitrogens with zero attached hydrogens (tertiary/aromatic N) is 3. The minimum atomic E-state index is 0.208. The van der Waals surface area contributed by atoms with Crippen molar-refractivity contribution in [3.05, 3.63) is 30.1 Å². The molecule has 0 bridgehead atoms. The predicted molar refractivity (Wildman–Crippen MR) is 85.7 cm³/mol. The lowest BCUT2D eigenvalue weighted by Crippen LogP contribution is -3.12. The van der Waals surface area contributed by atoms with E-state index in [9.17, 15) is 0 Å². The van der Waals surface area contributed by atoms with Crippen LogP contribution in [0.5, 0.6) is 5.75 Å². The number of hydrogen-bond acceptors (Lipinski definition) is 7. The van der Waals surface area contributed by atoms with Crippen LogP contribution in [0.2, 0.25) is 0 Å². The summed E-state index contributed by atoms with van der Waals surface area (Å²) in [5.74, 6) is 2.02. The zero-order chi connectivity index (χ0) is 16.1. The minimum Gasteiger partial charge on any atom is -0.495 e. The van der Waals surface area contributed by atoms with E-state index in [4.69, 9.17) is 15.2 Å². The molecule has 122 valence electrons. The van der Waals surface area contributed by atoms with E-state index >= 15 is 0 Å². The number of anilines is 3. The highest BCUT2D eigenvalue weighted by Gasteiger charge is 2.17. The van der Waals surface area contributed by atoms with Crippen LogP contribution in [0.15, 0.2) is 24.3 Å². The molecular formula is C15H21N6O2+. The van der Waals surface area contributed by atoms with E-state index in [1.165, 1.54) is 4.90 Å². The van der Waals surface area contributed by atoms with E-state index in [0.717, 1.165) is 32.0 Å². The third-order valence-electron chi connectivity index (χ3n) is 3.66. The van der Waals surface area contributed by atoms with Gasteiger partial charge in [-0.3, -0.25) is 0 Å². The maximum absolute atomic E-state index is 5.82. The third kappa shape index (κ3) is 4.05. The van der Waals surface area contributed by atoms with Gasteiger partial charge >= 0.3 is 0 Å². The summed E-state index contributed by atoms with van der Waals surface area (Å²) in [7, 11) is 1.62. The van der Waals surface area contributed by atoms with Crippen molar-refractivity contribution >= 4 is 17.6 Å². The van der Waals surface area contributed by atoms with Crippen LogP contribution in [-0.2, 0) is 11.3 Å². The SMILES string of the molecule is COc1ccccc1Nc1nc(N)nc(C[NH+]2CCOCC2)n1. The molecule has 0 amide bonds. The highest BCUT2D eigenvalue weighted by molar-refractivity contribution is 5.62. The van der Waals surface area contributed by atoms with Gasteiger partial charge in [0, 0.05) is 0 Å². The second-order valence-electron chi connectivity index (χ2n) is 5.30. The third-order valence-corrected chi connectivity index (χ3v) is 3.66. The number of rotatable bonds is 5. The Kier molecular flexibility index (Phi) is 4.84. The predicted octanol–water partition coefficient (Wildman–Crippen LogP) is -0.379. The second-order valence-corrected chi connectivity index (χ2v) is 5.30. The summed E-state index contributed by atoms with van der Waals surface area (Å²) in [6.45, 7) is 4.13. The molecule has 0 spiro atoms. The largest absolute Gasteiger partial charge is 0.495 e. The summed E-state index contributed by atoms with van der Waals surface area (Å²) in [6.07, 6.45) is 0. The van der Waals surface area contributed by atoms with E-state index < -0.39 is 0 Å². The van der Waals surface area contributed by atoms with Crippen molar-refractivity contribution in [2.45, 2.75) is 6.54 Å². The summed E-state index contributed by atoms with van der Waals surface area (Å²) in [4.78, 5) is 14.2. The van der Waals surface area contributed by atoms with Gasteiger partial charge in [-0.1, -0.05) is 12.1 Å². The van der Waals surface area contributed by atoms with E-state index in [0.29, 0.717) is 24.1 Å². The molecule has 4 N–H and O–H groups in total. The molecule has 1 saturated heterocycles. The molecule has 0 atom stereocenters. The summed E-state index contributed by atoms with van der Waals surface area (Å²) in [5.41, 5.74) is 6.60. The Morgan fingerprint density at radius 2 is 2.00 bits per heavy atom. The maximum atomic E-state index is 5.82. The van der Waals surface area contributed by atoms with Gasteiger partial charge in [-0.2, -0.15) is 15.0 Å². The maximum Gasteiger partial charge on any atom is 0.232 e. The second kappa shape index (κ2) is 7.21. The molecule has 1 aromatic heterocycles. The van der Waals surface area contributed by atoms with Crippen LogP contribution in [-0.4, -0.2) is 48.4 Å². The number of methoxy groups -OCH3 is 1. The molecule has 0 aliphatic carbocycles. The molecule has 23 heavy (non-hydrogen) atoms. The van der Waals surface area contributed by atoms with Crippen molar-refractivity contribution in [1.82, 2.24) is 15.0 Å². The standard InChI is InChI=1S/C15H20N6O2/c1-22-12-5-3-2-4-11(12)17-15-19-13(18-14(16)20-15)10-21-6-8-23-9-7-21/h2-5H,6-10H2,1H3,(H3,16,17,18,19,20)/p+1. The number of aromatic nitrogens is 3. The minimum absolute atomic E-state index is 0.208. The zero-order valence-corrected chi connectivity index (χ0v) is 13.1. The fourth-order valence-corrected chi connectivity index (χ4v) is 2.50. The Balaban J connectivity index is 1.77. The van der Waals surface area contributed by atoms with E-state index in [-0.39, 0.29) is 5.95 Å². The molecule has 1 aromatic carbocycles. The molecule has 0 saturated carbocycles. The first-order valence-corrected chi connectivity index (χ1v) is 7.56. The van der Waals surface area contributed by atoms with Crippen LogP contribution in [0.1, 0.15) is 5.82 Å². The zero-order valence-electron chi connectivity index (χ0n) is 13.1. The highest BCUT2D eigenvalue weighted by atomic mass is 16.5. The fourth-order valence-electron chi connectivity index (χ4n) is 2.50. The summed E-state index contributed by atoms with van der Waals surface area (Å²) in [6, 6.07) is 7.57. The first-order chi connectivity index (χ1) is 11.2. The van der Waals surface area contributed by atoms with Crippen LogP contribution in [0.25, 0.3) is 0 Å². The Labute approximate surface area is 134 Å². The normalized spacial score (nSPS) is 15.3.